The number of thiophene rings is 1. The van der Waals surface area contributed by atoms with Gasteiger partial charge in [0.15, 0.2) is 12.3 Å². The largest absolute Gasteiger partial charge is 0.451 e. The van der Waals surface area contributed by atoms with E-state index in [0.29, 0.717) is 16.3 Å². The standard InChI is InChI=1S/C17H13N3O5S2/c1-10-11(4-2-5-13(10)20(23)24)18-15(21)8-25-17(22)12-9-27-16(19-12)14-6-3-7-26-14/h2-7,9H,8H2,1H3,(H,18,21). The Kier molecular flexibility index (Phi) is 5.57. The highest BCUT2D eigenvalue weighted by Crippen LogP contribution is 2.28. The Balaban J connectivity index is 1.59. The van der Waals surface area contributed by atoms with Gasteiger partial charge in [0.25, 0.3) is 11.6 Å². The predicted octanol–water partition coefficient (Wildman–Crippen LogP) is 3.88. The number of nitro benzene ring substituents is 1. The minimum absolute atomic E-state index is 0.103. The van der Waals surface area contributed by atoms with E-state index in [0.717, 1.165) is 4.88 Å². The minimum atomic E-state index is -0.708. The third-order valence-corrected chi connectivity index (χ3v) is 5.44. The summed E-state index contributed by atoms with van der Waals surface area (Å²) in [5, 5.41) is 17.6. The monoisotopic (exact) mass is 403 g/mol. The molecular formula is C17H13N3O5S2. The summed E-state index contributed by atoms with van der Waals surface area (Å²) in [6, 6.07) is 8.13. The number of benzene rings is 1. The van der Waals surface area contributed by atoms with Crippen molar-refractivity contribution in [3.05, 3.63) is 62.5 Å². The molecule has 10 heteroatoms. The number of anilines is 1. The number of nitrogens with one attached hydrogen (secondary N) is 1. The summed E-state index contributed by atoms with van der Waals surface area (Å²) in [7, 11) is 0. The van der Waals surface area contributed by atoms with Crippen LogP contribution in [-0.4, -0.2) is 28.4 Å². The summed E-state index contributed by atoms with van der Waals surface area (Å²) in [5.74, 6) is -1.30. The fourth-order valence-corrected chi connectivity index (χ4v) is 3.83. The van der Waals surface area contributed by atoms with Crippen molar-refractivity contribution in [1.29, 1.82) is 0 Å². The van der Waals surface area contributed by atoms with Crippen molar-refractivity contribution < 1.29 is 19.2 Å². The molecule has 1 N–H and O–H groups in total. The number of aromatic nitrogens is 1. The van der Waals surface area contributed by atoms with E-state index >= 15 is 0 Å². The molecule has 1 aromatic carbocycles. The first-order chi connectivity index (χ1) is 13.0. The molecule has 0 radical (unpaired) electrons. The van der Waals surface area contributed by atoms with E-state index in [1.54, 1.807) is 5.38 Å². The molecule has 138 valence electrons. The van der Waals surface area contributed by atoms with Gasteiger partial charge in [-0.05, 0) is 24.4 Å². The van der Waals surface area contributed by atoms with Crippen LogP contribution in [0.25, 0.3) is 9.88 Å². The predicted molar refractivity (Wildman–Crippen MR) is 102 cm³/mol. The Morgan fingerprint density at radius 3 is 2.78 bits per heavy atom. The second kappa shape index (κ2) is 8.06. The Hall–Kier alpha value is -3.11. The van der Waals surface area contributed by atoms with Gasteiger partial charge in [0, 0.05) is 11.4 Å². The fraction of sp³-hybridized carbons (Fsp3) is 0.118. The normalized spacial score (nSPS) is 10.4. The summed E-state index contributed by atoms with van der Waals surface area (Å²) >= 11 is 2.82. The van der Waals surface area contributed by atoms with E-state index in [1.165, 1.54) is 47.8 Å². The topological polar surface area (TPSA) is 111 Å². The Morgan fingerprint density at radius 1 is 1.26 bits per heavy atom. The number of carbonyl (C=O) groups is 2. The van der Waals surface area contributed by atoms with Crippen molar-refractivity contribution in [3.8, 4) is 9.88 Å². The number of hydrogen-bond donors (Lipinski definition) is 1. The van der Waals surface area contributed by atoms with Gasteiger partial charge in [0.2, 0.25) is 0 Å². The lowest BCUT2D eigenvalue weighted by Crippen LogP contribution is -2.21. The molecule has 2 aromatic heterocycles. The zero-order chi connectivity index (χ0) is 19.4. The average Bonchev–Trinajstić information content (AvgIpc) is 3.32. The van der Waals surface area contributed by atoms with Crippen molar-refractivity contribution >= 4 is 45.9 Å². The van der Waals surface area contributed by atoms with Gasteiger partial charge in [-0.1, -0.05) is 12.1 Å². The van der Waals surface area contributed by atoms with E-state index in [-0.39, 0.29) is 11.4 Å². The molecule has 0 unspecified atom stereocenters. The van der Waals surface area contributed by atoms with Gasteiger partial charge in [-0.2, -0.15) is 0 Å². The van der Waals surface area contributed by atoms with Crippen LogP contribution in [0.5, 0.6) is 0 Å². The number of amides is 1. The smallest absolute Gasteiger partial charge is 0.358 e. The SMILES string of the molecule is Cc1c(NC(=O)COC(=O)c2csc(-c3cccs3)n2)cccc1[N+](=O)[O-]. The van der Waals surface area contributed by atoms with Gasteiger partial charge in [0.05, 0.1) is 21.1 Å². The first kappa shape index (κ1) is 18.7. The first-order valence-corrected chi connectivity index (χ1v) is 9.42. The van der Waals surface area contributed by atoms with Crippen LogP contribution >= 0.6 is 22.7 Å². The van der Waals surface area contributed by atoms with Gasteiger partial charge in [0.1, 0.15) is 5.01 Å². The molecule has 0 saturated carbocycles. The molecule has 0 spiro atoms. The van der Waals surface area contributed by atoms with Crippen molar-refractivity contribution in [2.45, 2.75) is 6.92 Å². The molecule has 8 nitrogen and oxygen atoms in total. The number of rotatable bonds is 6. The van der Waals surface area contributed by atoms with Crippen LogP contribution in [-0.2, 0) is 9.53 Å². The van der Waals surface area contributed by atoms with Crippen molar-refractivity contribution in [1.82, 2.24) is 4.98 Å². The number of thiazole rings is 1. The number of esters is 1. The highest BCUT2D eigenvalue weighted by Gasteiger charge is 2.17. The van der Waals surface area contributed by atoms with Gasteiger partial charge in [-0.3, -0.25) is 14.9 Å². The number of nitro groups is 1. The second-order valence-electron chi connectivity index (χ2n) is 5.35. The van der Waals surface area contributed by atoms with Crippen LogP contribution in [0.4, 0.5) is 11.4 Å². The summed E-state index contributed by atoms with van der Waals surface area (Å²) in [6.07, 6.45) is 0. The molecule has 3 aromatic rings. The quantitative estimate of drug-likeness (QED) is 0.380. The van der Waals surface area contributed by atoms with Gasteiger partial charge in [-0.15, -0.1) is 22.7 Å². The highest BCUT2D eigenvalue weighted by molar-refractivity contribution is 7.20. The molecular weight excluding hydrogens is 390 g/mol. The summed E-state index contributed by atoms with van der Waals surface area (Å²) in [4.78, 5) is 39.6. The number of carbonyl (C=O) groups excluding carboxylic acids is 2. The summed E-state index contributed by atoms with van der Waals surface area (Å²) < 4.78 is 4.97. The zero-order valence-corrected chi connectivity index (χ0v) is 15.6. The Bertz CT molecular complexity index is 998. The molecule has 0 aliphatic rings. The van der Waals surface area contributed by atoms with Gasteiger partial charge >= 0.3 is 5.97 Å². The lowest BCUT2D eigenvalue weighted by Gasteiger charge is -2.08. The van der Waals surface area contributed by atoms with Crippen molar-refractivity contribution in [2.24, 2.45) is 0 Å². The summed E-state index contributed by atoms with van der Waals surface area (Å²) in [6.45, 7) is 1.01. The van der Waals surface area contributed by atoms with Gasteiger partial charge < -0.3 is 10.1 Å². The molecule has 1 amide bonds. The molecule has 3 rings (SSSR count). The Labute approximate surface area is 161 Å². The molecule has 27 heavy (non-hydrogen) atoms. The highest BCUT2D eigenvalue weighted by atomic mass is 32.1. The number of nitrogens with zero attached hydrogens (tertiary/aromatic N) is 2. The van der Waals surface area contributed by atoms with E-state index in [2.05, 4.69) is 10.3 Å². The van der Waals surface area contributed by atoms with E-state index < -0.39 is 23.4 Å². The third-order valence-electron chi connectivity index (χ3n) is 3.56. The Morgan fingerprint density at radius 2 is 2.07 bits per heavy atom. The minimum Gasteiger partial charge on any atom is -0.451 e. The molecule has 0 atom stereocenters. The van der Waals surface area contributed by atoms with Crippen LogP contribution in [0.3, 0.4) is 0 Å². The van der Waals surface area contributed by atoms with Crippen LogP contribution < -0.4 is 5.32 Å². The van der Waals surface area contributed by atoms with E-state index in [9.17, 15) is 19.7 Å². The maximum absolute atomic E-state index is 12.1. The molecule has 0 bridgehead atoms. The maximum atomic E-state index is 12.1. The second-order valence-corrected chi connectivity index (χ2v) is 7.15. The molecule has 2 heterocycles. The van der Waals surface area contributed by atoms with Crippen LogP contribution in [0.2, 0.25) is 0 Å². The third kappa shape index (κ3) is 4.36. The maximum Gasteiger partial charge on any atom is 0.358 e. The van der Waals surface area contributed by atoms with Crippen molar-refractivity contribution in [2.75, 3.05) is 11.9 Å². The lowest BCUT2D eigenvalue weighted by molar-refractivity contribution is -0.385. The average molecular weight is 403 g/mol. The summed E-state index contributed by atoms with van der Waals surface area (Å²) in [5.41, 5.74) is 0.636. The number of ether oxygens (including phenoxy) is 1. The molecule has 0 fully saturated rings. The van der Waals surface area contributed by atoms with E-state index in [1.807, 2.05) is 17.5 Å². The van der Waals surface area contributed by atoms with Crippen molar-refractivity contribution in [3.63, 3.8) is 0 Å². The fourth-order valence-electron chi connectivity index (χ4n) is 2.23. The first-order valence-electron chi connectivity index (χ1n) is 7.66. The van der Waals surface area contributed by atoms with E-state index in [4.69, 9.17) is 4.74 Å². The lowest BCUT2D eigenvalue weighted by atomic mass is 10.1. The molecule has 0 aliphatic carbocycles. The van der Waals surface area contributed by atoms with Crippen LogP contribution in [0.15, 0.2) is 41.1 Å². The molecule has 0 saturated heterocycles. The number of hydrogen-bond acceptors (Lipinski definition) is 8. The van der Waals surface area contributed by atoms with Crippen LogP contribution in [0, 0.1) is 17.0 Å². The molecule has 0 aliphatic heterocycles. The van der Waals surface area contributed by atoms with Crippen LogP contribution in [0.1, 0.15) is 16.1 Å². The zero-order valence-electron chi connectivity index (χ0n) is 14.0. The van der Waals surface area contributed by atoms with Gasteiger partial charge in [-0.25, -0.2) is 9.78 Å².